The van der Waals surface area contributed by atoms with Crippen LogP contribution < -0.4 is 5.32 Å². The molecule has 0 bridgehead atoms. The predicted molar refractivity (Wildman–Crippen MR) is 63.5 cm³/mol. The summed E-state index contributed by atoms with van der Waals surface area (Å²) in [6.07, 6.45) is -4.86. The molecule has 1 aromatic rings. The summed E-state index contributed by atoms with van der Waals surface area (Å²) >= 11 is 5.82. The number of nitrogens with one attached hydrogen (secondary N) is 1. The summed E-state index contributed by atoms with van der Waals surface area (Å²) < 4.78 is 36.2. The Hall–Kier alpha value is -1.23. The van der Waals surface area contributed by atoms with Crippen molar-refractivity contribution in [1.29, 1.82) is 0 Å². The van der Waals surface area contributed by atoms with Gasteiger partial charge in [0, 0.05) is 17.0 Å². The molecular weight excluding hydrogens is 267 g/mol. The van der Waals surface area contributed by atoms with Crippen molar-refractivity contribution in [1.82, 2.24) is 5.32 Å². The zero-order chi connectivity index (χ0) is 14.0. The lowest BCUT2D eigenvalue weighted by Gasteiger charge is -2.26. The maximum absolute atomic E-state index is 12.1. The molecular formula is C12H13ClF3NO. The van der Waals surface area contributed by atoms with E-state index in [4.69, 9.17) is 11.6 Å². The molecule has 0 radical (unpaired) electrons. The molecule has 0 fully saturated rings. The molecule has 0 saturated heterocycles. The number of amides is 1. The standard InChI is InChI=1S/C12H13ClF3NO/c1-11(2,7-17-10(18)12(14,15)16)8-4-3-5-9(13)6-8/h3-6H,7H2,1-2H3,(H,17,18). The van der Waals surface area contributed by atoms with Crippen LogP contribution in [0.5, 0.6) is 0 Å². The third kappa shape index (κ3) is 3.91. The first-order valence-corrected chi connectivity index (χ1v) is 5.62. The van der Waals surface area contributed by atoms with E-state index in [0.29, 0.717) is 5.02 Å². The third-order valence-corrected chi connectivity index (χ3v) is 2.79. The topological polar surface area (TPSA) is 29.1 Å². The van der Waals surface area contributed by atoms with Crippen LogP contribution in [0.4, 0.5) is 13.2 Å². The van der Waals surface area contributed by atoms with E-state index < -0.39 is 17.5 Å². The van der Waals surface area contributed by atoms with E-state index in [1.165, 1.54) is 0 Å². The van der Waals surface area contributed by atoms with Crippen LogP contribution in [0, 0.1) is 0 Å². The van der Waals surface area contributed by atoms with E-state index in [1.807, 2.05) is 5.32 Å². The lowest BCUT2D eigenvalue weighted by Crippen LogP contribution is -2.43. The molecule has 0 aliphatic carbocycles. The Morgan fingerprint density at radius 2 is 1.94 bits per heavy atom. The smallest absolute Gasteiger partial charge is 0.347 e. The largest absolute Gasteiger partial charge is 0.471 e. The van der Waals surface area contributed by atoms with Crippen LogP contribution in [-0.2, 0) is 10.2 Å². The molecule has 100 valence electrons. The number of benzene rings is 1. The van der Waals surface area contributed by atoms with Crippen LogP contribution in [0.3, 0.4) is 0 Å². The van der Waals surface area contributed by atoms with Gasteiger partial charge in [0.05, 0.1) is 0 Å². The monoisotopic (exact) mass is 279 g/mol. The van der Waals surface area contributed by atoms with Gasteiger partial charge in [0.2, 0.25) is 0 Å². The van der Waals surface area contributed by atoms with Gasteiger partial charge >= 0.3 is 12.1 Å². The van der Waals surface area contributed by atoms with E-state index in [2.05, 4.69) is 0 Å². The highest BCUT2D eigenvalue weighted by Gasteiger charge is 2.39. The van der Waals surface area contributed by atoms with Crippen molar-refractivity contribution in [3.05, 3.63) is 34.9 Å². The third-order valence-electron chi connectivity index (χ3n) is 2.55. The van der Waals surface area contributed by atoms with Gasteiger partial charge in [-0.2, -0.15) is 13.2 Å². The molecule has 0 saturated carbocycles. The number of carbonyl (C=O) groups is 1. The van der Waals surface area contributed by atoms with E-state index in [-0.39, 0.29) is 6.54 Å². The first-order valence-electron chi connectivity index (χ1n) is 5.24. The summed E-state index contributed by atoms with van der Waals surface area (Å²) in [6.45, 7) is 3.34. The predicted octanol–water partition coefficient (Wildman–Crippen LogP) is 3.30. The van der Waals surface area contributed by atoms with Gasteiger partial charge in [0.15, 0.2) is 0 Å². The summed E-state index contributed by atoms with van der Waals surface area (Å²) in [5.74, 6) is -1.93. The Kier molecular flexibility index (Phi) is 4.27. The average molecular weight is 280 g/mol. The maximum atomic E-state index is 12.1. The zero-order valence-corrected chi connectivity index (χ0v) is 10.7. The van der Waals surface area contributed by atoms with E-state index in [9.17, 15) is 18.0 Å². The second kappa shape index (κ2) is 5.18. The molecule has 1 aromatic carbocycles. The van der Waals surface area contributed by atoms with E-state index in [0.717, 1.165) is 5.56 Å². The molecule has 0 aliphatic rings. The molecule has 1 amide bonds. The Labute approximate surface area is 108 Å². The lowest BCUT2D eigenvalue weighted by molar-refractivity contribution is -0.173. The highest BCUT2D eigenvalue weighted by atomic mass is 35.5. The molecule has 0 unspecified atom stereocenters. The van der Waals surface area contributed by atoms with Gasteiger partial charge < -0.3 is 5.32 Å². The first-order chi connectivity index (χ1) is 8.13. The van der Waals surface area contributed by atoms with Crippen LogP contribution in [-0.4, -0.2) is 18.6 Å². The fourth-order valence-electron chi connectivity index (χ4n) is 1.41. The van der Waals surface area contributed by atoms with Crippen molar-refractivity contribution in [3.63, 3.8) is 0 Å². The lowest BCUT2D eigenvalue weighted by atomic mass is 9.84. The van der Waals surface area contributed by atoms with Crippen LogP contribution in [0.1, 0.15) is 19.4 Å². The molecule has 0 atom stereocenters. The highest BCUT2D eigenvalue weighted by Crippen LogP contribution is 2.25. The Bertz CT molecular complexity index is 443. The maximum Gasteiger partial charge on any atom is 0.471 e. The highest BCUT2D eigenvalue weighted by molar-refractivity contribution is 6.30. The average Bonchev–Trinajstić information content (AvgIpc) is 2.24. The Balaban J connectivity index is 2.74. The molecule has 0 aliphatic heterocycles. The van der Waals surface area contributed by atoms with Crippen molar-refractivity contribution in [3.8, 4) is 0 Å². The van der Waals surface area contributed by atoms with Gasteiger partial charge in [-0.15, -0.1) is 0 Å². The second-order valence-electron chi connectivity index (χ2n) is 4.57. The van der Waals surface area contributed by atoms with Crippen LogP contribution >= 0.6 is 11.6 Å². The van der Waals surface area contributed by atoms with E-state index in [1.54, 1.807) is 38.1 Å². The molecule has 6 heteroatoms. The SMILES string of the molecule is CC(C)(CNC(=O)C(F)(F)F)c1cccc(Cl)c1. The molecule has 1 rings (SSSR count). The van der Waals surface area contributed by atoms with Gasteiger partial charge in [0.25, 0.3) is 0 Å². The summed E-state index contributed by atoms with van der Waals surface area (Å²) in [5, 5.41) is 2.38. The van der Waals surface area contributed by atoms with Gasteiger partial charge in [-0.05, 0) is 17.7 Å². The summed E-state index contributed by atoms with van der Waals surface area (Å²) in [5.41, 5.74) is 0.128. The minimum Gasteiger partial charge on any atom is -0.347 e. The molecule has 2 nitrogen and oxygen atoms in total. The molecule has 0 heterocycles. The van der Waals surface area contributed by atoms with Gasteiger partial charge in [-0.1, -0.05) is 37.6 Å². The van der Waals surface area contributed by atoms with Gasteiger partial charge in [-0.3, -0.25) is 4.79 Å². The number of hydrogen-bond donors (Lipinski definition) is 1. The minimum absolute atomic E-state index is 0.119. The van der Waals surface area contributed by atoms with E-state index >= 15 is 0 Å². The van der Waals surface area contributed by atoms with Crippen LogP contribution in [0.2, 0.25) is 5.02 Å². The molecule has 18 heavy (non-hydrogen) atoms. The van der Waals surface area contributed by atoms with Gasteiger partial charge in [-0.25, -0.2) is 0 Å². The summed E-state index contributed by atoms with van der Waals surface area (Å²) in [7, 11) is 0. The van der Waals surface area contributed by atoms with Crippen molar-refractivity contribution >= 4 is 17.5 Å². The number of carbonyl (C=O) groups excluding carboxylic acids is 1. The van der Waals surface area contributed by atoms with Crippen LogP contribution in [0.15, 0.2) is 24.3 Å². The quantitative estimate of drug-likeness (QED) is 0.904. The zero-order valence-electron chi connectivity index (χ0n) is 9.94. The molecule has 0 aromatic heterocycles. The minimum atomic E-state index is -4.86. The van der Waals surface area contributed by atoms with Crippen molar-refractivity contribution < 1.29 is 18.0 Å². The van der Waals surface area contributed by atoms with Crippen molar-refractivity contribution in [2.24, 2.45) is 0 Å². The number of alkyl halides is 3. The fourth-order valence-corrected chi connectivity index (χ4v) is 1.60. The number of rotatable bonds is 3. The van der Waals surface area contributed by atoms with Crippen molar-refractivity contribution in [2.75, 3.05) is 6.54 Å². The Morgan fingerprint density at radius 1 is 1.33 bits per heavy atom. The van der Waals surface area contributed by atoms with Gasteiger partial charge in [0.1, 0.15) is 0 Å². The normalized spacial score (nSPS) is 12.3. The summed E-state index contributed by atoms with van der Waals surface area (Å²) in [6, 6.07) is 6.81. The number of hydrogen-bond acceptors (Lipinski definition) is 1. The number of halogens is 4. The molecule has 1 N–H and O–H groups in total. The van der Waals surface area contributed by atoms with Crippen molar-refractivity contribution in [2.45, 2.75) is 25.4 Å². The second-order valence-corrected chi connectivity index (χ2v) is 5.01. The van der Waals surface area contributed by atoms with Crippen LogP contribution in [0.25, 0.3) is 0 Å². The summed E-state index contributed by atoms with van der Waals surface area (Å²) in [4.78, 5) is 10.7. The first kappa shape index (κ1) is 14.8. The molecule has 0 spiro atoms. The Morgan fingerprint density at radius 3 is 2.44 bits per heavy atom. The fraction of sp³-hybridized carbons (Fsp3) is 0.417.